The van der Waals surface area contributed by atoms with E-state index in [2.05, 4.69) is 9.97 Å². The van der Waals surface area contributed by atoms with E-state index in [1.807, 2.05) is 0 Å². The standard InChI is InChI=1S/C12H12N2O3/c1-3-9(15)7-6-13-8-4-5-10(17-2)14-11(8)12(7)16/h4-6H,3H2,1-2H3,(H,13,16). The molecule has 5 nitrogen and oxygen atoms in total. The number of carbonyl (C=O) groups is 1. The van der Waals surface area contributed by atoms with Crippen LogP contribution in [0.5, 0.6) is 11.6 Å². The van der Waals surface area contributed by atoms with Crippen LogP contribution in [0.1, 0.15) is 23.7 Å². The van der Waals surface area contributed by atoms with Crippen molar-refractivity contribution in [2.24, 2.45) is 0 Å². The maximum absolute atomic E-state index is 11.6. The molecule has 0 amide bonds. The number of Topliss-reactive ketones (excluding diaryl/α,β-unsaturated/α-hetero) is 1. The topological polar surface area (TPSA) is 72.3 Å². The molecule has 0 atom stereocenters. The molecule has 0 unspecified atom stereocenters. The first-order valence-electron chi connectivity index (χ1n) is 5.23. The maximum atomic E-state index is 11.6. The number of carbonyl (C=O) groups excluding carboxylic acids is 1. The summed E-state index contributed by atoms with van der Waals surface area (Å²) < 4.78 is 4.97. The van der Waals surface area contributed by atoms with E-state index in [-0.39, 0.29) is 22.6 Å². The maximum Gasteiger partial charge on any atom is 0.213 e. The number of methoxy groups -OCH3 is 1. The van der Waals surface area contributed by atoms with E-state index >= 15 is 0 Å². The van der Waals surface area contributed by atoms with Crippen molar-refractivity contribution in [1.82, 2.24) is 9.97 Å². The number of aromatic hydroxyl groups is 1. The molecular formula is C12H12N2O3. The van der Waals surface area contributed by atoms with Gasteiger partial charge in [0.2, 0.25) is 5.88 Å². The van der Waals surface area contributed by atoms with E-state index in [1.54, 1.807) is 19.1 Å². The van der Waals surface area contributed by atoms with Gasteiger partial charge < -0.3 is 9.84 Å². The Bertz CT molecular complexity index is 581. The van der Waals surface area contributed by atoms with E-state index in [9.17, 15) is 9.90 Å². The van der Waals surface area contributed by atoms with Gasteiger partial charge in [-0.25, -0.2) is 4.98 Å². The minimum Gasteiger partial charge on any atom is -0.505 e. The van der Waals surface area contributed by atoms with Crippen molar-refractivity contribution in [2.45, 2.75) is 13.3 Å². The van der Waals surface area contributed by atoms with Gasteiger partial charge in [0.05, 0.1) is 18.2 Å². The average Bonchev–Trinajstić information content (AvgIpc) is 2.38. The summed E-state index contributed by atoms with van der Waals surface area (Å²) in [6.45, 7) is 1.73. The van der Waals surface area contributed by atoms with E-state index < -0.39 is 0 Å². The molecule has 0 radical (unpaired) electrons. The Morgan fingerprint density at radius 1 is 1.47 bits per heavy atom. The fraction of sp³-hybridized carbons (Fsp3) is 0.250. The Labute approximate surface area is 98.1 Å². The van der Waals surface area contributed by atoms with Crippen molar-refractivity contribution in [3.63, 3.8) is 0 Å². The Morgan fingerprint density at radius 3 is 2.88 bits per heavy atom. The lowest BCUT2D eigenvalue weighted by molar-refractivity contribution is 0.0985. The van der Waals surface area contributed by atoms with Crippen LogP contribution in [0.15, 0.2) is 18.3 Å². The van der Waals surface area contributed by atoms with Crippen molar-refractivity contribution < 1.29 is 14.6 Å². The lowest BCUT2D eigenvalue weighted by Gasteiger charge is -2.06. The van der Waals surface area contributed by atoms with Crippen LogP contribution in [0.3, 0.4) is 0 Å². The number of aromatic nitrogens is 2. The molecule has 0 aliphatic heterocycles. The second kappa shape index (κ2) is 4.37. The lowest BCUT2D eigenvalue weighted by atomic mass is 10.1. The number of nitrogens with zero attached hydrogens (tertiary/aromatic N) is 2. The zero-order valence-corrected chi connectivity index (χ0v) is 9.60. The fourth-order valence-electron chi connectivity index (χ4n) is 1.54. The van der Waals surface area contributed by atoms with E-state index in [0.717, 1.165) is 0 Å². The molecule has 0 bridgehead atoms. The van der Waals surface area contributed by atoms with E-state index in [1.165, 1.54) is 13.3 Å². The van der Waals surface area contributed by atoms with Gasteiger partial charge in [-0.1, -0.05) is 6.92 Å². The van der Waals surface area contributed by atoms with E-state index in [4.69, 9.17) is 4.74 Å². The van der Waals surface area contributed by atoms with Crippen molar-refractivity contribution in [3.8, 4) is 11.6 Å². The van der Waals surface area contributed by atoms with Crippen molar-refractivity contribution in [3.05, 3.63) is 23.9 Å². The predicted molar refractivity (Wildman–Crippen MR) is 62.4 cm³/mol. The van der Waals surface area contributed by atoms with E-state index in [0.29, 0.717) is 17.8 Å². The molecule has 2 aromatic heterocycles. The van der Waals surface area contributed by atoms with Crippen LogP contribution >= 0.6 is 0 Å². The lowest BCUT2D eigenvalue weighted by Crippen LogP contribution is -2.00. The predicted octanol–water partition coefficient (Wildman–Crippen LogP) is 1.94. The molecule has 2 rings (SSSR count). The van der Waals surface area contributed by atoms with Gasteiger partial charge in [0, 0.05) is 18.7 Å². The number of ketones is 1. The molecule has 0 saturated carbocycles. The summed E-state index contributed by atoms with van der Waals surface area (Å²) in [5.74, 6) is 0.0676. The first-order valence-corrected chi connectivity index (χ1v) is 5.23. The number of hydrogen-bond donors (Lipinski definition) is 1. The summed E-state index contributed by atoms with van der Waals surface area (Å²) in [4.78, 5) is 19.7. The fourth-order valence-corrected chi connectivity index (χ4v) is 1.54. The minimum absolute atomic E-state index is 0.138. The van der Waals surface area contributed by atoms with Crippen LogP contribution in [0.25, 0.3) is 11.0 Å². The van der Waals surface area contributed by atoms with Gasteiger partial charge in [0.25, 0.3) is 0 Å². The Morgan fingerprint density at radius 2 is 2.24 bits per heavy atom. The second-order valence-electron chi connectivity index (χ2n) is 3.52. The number of ether oxygens (including phenoxy) is 1. The van der Waals surface area contributed by atoms with Gasteiger partial charge in [0.15, 0.2) is 11.5 Å². The van der Waals surface area contributed by atoms with Gasteiger partial charge in [-0.2, -0.15) is 0 Å². The summed E-state index contributed by atoms with van der Waals surface area (Å²) in [6, 6.07) is 3.33. The largest absolute Gasteiger partial charge is 0.505 e. The molecule has 0 spiro atoms. The molecule has 1 N–H and O–H groups in total. The smallest absolute Gasteiger partial charge is 0.213 e. The molecular weight excluding hydrogens is 220 g/mol. The molecule has 2 aromatic rings. The van der Waals surface area contributed by atoms with Crippen molar-refractivity contribution in [2.75, 3.05) is 7.11 Å². The number of fused-ring (bicyclic) bond motifs is 1. The first kappa shape index (κ1) is 11.3. The van der Waals surface area contributed by atoms with Gasteiger partial charge >= 0.3 is 0 Å². The summed E-state index contributed by atoms with van der Waals surface area (Å²) in [5, 5.41) is 9.99. The SMILES string of the molecule is CCC(=O)c1cnc2ccc(OC)nc2c1O. The molecule has 0 aliphatic rings. The third-order valence-corrected chi connectivity index (χ3v) is 2.49. The normalized spacial score (nSPS) is 10.5. The van der Waals surface area contributed by atoms with Gasteiger partial charge in [0.1, 0.15) is 5.52 Å². The van der Waals surface area contributed by atoms with Crippen LogP contribution in [0, 0.1) is 0 Å². The highest BCUT2D eigenvalue weighted by molar-refractivity contribution is 6.02. The minimum atomic E-state index is -0.165. The summed E-state index contributed by atoms with van der Waals surface area (Å²) in [5.41, 5.74) is 1.00. The number of pyridine rings is 2. The van der Waals surface area contributed by atoms with Gasteiger partial charge in [-0.3, -0.25) is 9.78 Å². The number of hydrogen-bond acceptors (Lipinski definition) is 5. The summed E-state index contributed by atoms with van der Waals surface area (Å²) >= 11 is 0. The third kappa shape index (κ3) is 1.91. The van der Waals surface area contributed by atoms with Crippen molar-refractivity contribution >= 4 is 16.8 Å². The van der Waals surface area contributed by atoms with Crippen molar-refractivity contribution in [1.29, 1.82) is 0 Å². The Hall–Kier alpha value is -2.17. The monoisotopic (exact) mass is 232 g/mol. The van der Waals surface area contributed by atoms with Gasteiger partial charge in [-0.15, -0.1) is 0 Å². The molecule has 0 fully saturated rings. The quantitative estimate of drug-likeness (QED) is 0.818. The second-order valence-corrected chi connectivity index (χ2v) is 3.52. The third-order valence-electron chi connectivity index (χ3n) is 2.49. The van der Waals surface area contributed by atoms with Gasteiger partial charge in [-0.05, 0) is 6.07 Å². The molecule has 17 heavy (non-hydrogen) atoms. The van der Waals surface area contributed by atoms with Crippen LogP contribution in [-0.4, -0.2) is 28.0 Å². The highest BCUT2D eigenvalue weighted by Gasteiger charge is 2.14. The van der Waals surface area contributed by atoms with Crippen LogP contribution in [0.2, 0.25) is 0 Å². The van der Waals surface area contributed by atoms with Crippen LogP contribution < -0.4 is 4.74 Å². The Balaban J connectivity index is 2.68. The average molecular weight is 232 g/mol. The molecule has 5 heteroatoms. The molecule has 0 aliphatic carbocycles. The molecule has 88 valence electrons. The summed E-state index contributed by atoms with van der Waals surface area (Å²) in [7, 11) is 1.49. The van der Waals surface area contributed by atoms with Crippen LogP contribution in [-0.2, 0) is 0 Å². The number of rotatable bonds is 3. The van der Waals surface area contributed by atoms with Crippen LogP contribution in [0.4, 0.5) is 0 Å². The highest BCUT2D eigenvalue weighted by Crippen LogP contribution is 2.27. The summed E-state index contributed by atoms with van der Waals surface area (Å²) in [6.07, 6.45) is 1.68. The molecule has 2 heterocycles. The first-order chi connectivity index (χ1) is 8.17. The molecule has 0 saturated heterocycles. The zero-order valence-electron chi connectivity index (χ0n) is 9.60. The zero-order chi connectivity index (χ0) is 12.4. The highest BCUT2D eigenvalue weighted by atomic mass is 16.5. The Kier molecular flexibility index (Phi) is 2.91. The molecule has 0 aromatic carbocycles.